The molecule has 0 radical (unpaired) electrons. The van der Waals surface area contributed by atoms with Crippen molar-refractivity contribution in [3.63, 3.8) is 0 Å². The topological polar surface area (TPSA) is 12.0 Å². The largest absolute Gasteiger partial charge is 0.316 e. The minimum atomic E-state index is 0. The molecule has 0 saturated carbocycles. The molecule has 0 aromatic heterocycles. The molecule has 1 aromatic rings. The Morgan fingerprint density at radius 2 is 1.92 bits per heavy atom. The Morgan fingerprint density at radius 3 is 2.46 bits per heavy atom. The zero-order valence-corrected chi connectivity index (χ0v) is 9.70. The van der Waals surface area contributed by atoms with E-state index in [4.69, 9.17) is 0 Å². The molecule has 3 heteroatoms. The molecule has 0 amide bonds. The van der Waals surface area contributed by atoms with E-state index in [9.17, 15) is 0 Å². The van der Waals surface area contributed by atoms with Gasteiger partial charge in [-0.25, -0.2) is 0 Å². The first-order valence-corrected chi connectivity index (χ1v) is 5.12. The quantitative estimate of drug-likeness (QED) is 0.820. The van der Waals surface area contributed by atoms with E-state index in [-0.39, 0.29) is 12.4 Å². The number of halogens is 2. The lowest BCUT2D eigenvalue weighted by molar-refractivity contribution is 0.763. The van der Waals surface area contributed by atoms with Crippen molar-refractivity contribution in [2.75, 3.05) is 13.1 Å². The van der Waals surface area contributed by atoms with E-state index in [1.165, 1.54) is 18.5 Å². The van der Waals surface area contributed by atoms with Gasteiger partial charge < -0.3 is 5.32 Å². The van der Waals surface area contributed by atoms with E-state index in [0.29, 0.717) is 0 Å². The third kappa shape index (κ3) is 2.70. The number of nitrogens with one attached hydrogen (secondary N) is 1. The van der Waals surface area contributed by atoms with Gasteiger partial charge in [-0.2, -0.15) is 0 Å². The van der Waals surface area contributed by atoms with E-state index < -0.39 is 0 Å². The second kappa shape index (κ2) is 4.99. The molecular weight excluding hydrogens is 249 g/mol. The van der Waals surface area contributed by atoms with Gasteiger partial charge in [-0.05, 0) is 36.6 Å². The maximum Gasteiger partial charge on any atom is 0.0175 e. The van der Waals surface area contributed by atoms with Gasteiger partial charge in [0.05, 0.1) is 0 Å². The molecule has 1 N–H and O–H groups in total. The van der Waals surface area contributed by atoms with Gasteiger partial charge in [-0.15, -0.1) is 12.4 Å². The zero-order valence-electron chi connectivity index (χ0n) is 7.29. The van der Waals surface area contributed by atoms with Crippen LogP contribution in [0, 0.1) is 0 Å². The second-order valence-corrected chi connectivity index (χ2v) is 4.16. The van der Waals surface area contributed by atoms with E-state index in [2.05, 4.69) is 45.5 Å². The summed E-state index contributed by atoms with van der Waals surface area (Å²) >= 11 is 3.44. The van der Waals surface area contributed by atoms with Crippen molar-refractivity contribution >= 4 is 28.3 Å². The number of hydrogen-bond donors (Lipinski definition) is 1. The predicted octanol–water partition coefficient (Wildman–Crippen LogP) is 2.95. The first-order valence-electron chi connectivity index (χ1n) is 4.32. The Labute approximate surface area is 93.5 Å². The fourth-order valence-corrected chi connectivity index (χ4v) is 1.94. The van der Waals surface area contributed by atoms with Crippen LogP contribution in [0.1, 0.15) is 17.9 Å². The highest BCUT2D eigenvalue weighted by atomic mass is 79.9. The van der Waals surface area contributed by atoms with Crippen molar-refractivity contribution in [1.29, 1.82) is 0 Å². The number of rotatable bonds is 1. The van der Waals surface area contributed by atoms with Gasteiger partial charge in [-0.3, -0.25) is 0 Å². The molecule has 2 rings (SSSR count). The number of hydrogen-bond acceptors (Lipinski definition) is 1. The highest BCUT2D eigenvalue weighted by molar-refractivity contribution is 9.10. The molecule has 0 unspecified atom stereocenters. The Hall–Kier alpha value is -0.0500. The van der Waals surface area contributed by atoms with Crippen molar-refractivity contribution in [3.8, 4) is 0 Å². The van der Waals surface area contributed by atoms with Crippen LogP contribution in [0.2, 0.25) is 0 Å². The van der Waals surface area contributed by atoms with Gasteiger partial charge in [0, 0.05) is 11.0 Å². The molecule has 1 aromatic carbocycles. The summed E-state index contributed by atoms with van der Waals surface area (Å²) in [6, 6.07) is 8.66. The molecule has 1 nitrogen and oxygen atoms in total. The number of benzene rings is 1. The van der Waals surface area contributed by atoms with E-state index >= 15 is 0 Å². The van der Waals surface area contributed by atoms with Crippen molar-refractivity contribution < 1.29 is 0 Å². The normalized spacial score (nSPS) is 21.2. The van der Waals surface area contributed by atoms with Crippen LogP contribution >= 0.6 is 28.3 Å². The van der Waals surface area contributed by atoms with Crippen molar-refractivity contribution in [3.05, 3.63) is 34.3 Å². The molecule has 1 saturated heterocycles. The summed E-state index contributed by atoms with van der Waals surface area (Å²) < 4.78 is 1.16. The first-order chi connectivity index (χ1) is 5.86. The minimum Gasteiger partial charge on any atom is -0.316 e. The molecule has 1 fully saturated rings. The molecular formula is C10H13BrClN. The maximum atomic E-state index is 3.44. The first kappa shape index (κ1) is 11.0. The highest BCUT2D eigenvalue weighted by Gasteiger charge is 2.15. The zero-order chi connectivity index (χ0) is 8.39. The van der Waals surface area contributed by atoms with Crippen LogP contribution in [-0.2, 0) is 0 Å². The van der Waals surface area contributed by atoms with Gasteiger partial charge in [0.15, 0.2) is 0 Å². The summed E-state index contributed by atoms with van der Waals surface area (Å²) in [7, 11) is 0. The second-order valence-electron chi connectivity index (χ2n) is 3.24. The smallest absolute Gasteiger partial charge is 0.0175 e. The molecule has 0 aliphatic carbocycles. The van der Waals surface area contributed by atoms with E-state index in [1.54, 1.807) is 0 Å². The third-order valence-electron chi connectivity index (χ3n) is 2.40. The Balaban J connectivity index is 0.000000845. The molecule has 13 heavy (non-hydrogen) atoms. The average Bonchev–Trinajstić information content (AvgIpc) is 2.58. The van der Waals surface area contributed by atoms with Crippen LogP contribution in [0.3, 0.4) is 0 Å². The van der Waals surface area contributed by atoms with Gasteiger partial charge in [0.25, 0.3) is 0 Å². The monoisotopic (exact) mass is 261 g/mol. The Kier molecular flexibility index (Phi) is 4.23. The summed E-state index contributed by atoms with van der Waals surface area (Å²) in [5.74, 6) is 0.734. The van der Waals surface area contributed by atoms with Crippen LogP contribution in [0.5, 0.6) is 0 Å². The van der Waals surface area contributed by atoms with Crippen LogP contribution in [0.15, 0.2) is 28.7 Å². The SMILES string of the molecule is Brc1ccc([C@H]2CCNC2)cc1.Cl. The molecule has 1 atom stereocenters. The van der Waals surface area contributed by atoms with Crippen LogP contribution < -0.4 is 5.32 Å². The standard InChI is InChI=1S/C10H12BrN.ClH/c11-10-3-1-8(2-4-10)9-5-6-12-7-9;/h1-4,9,12H,5-7H2;1H/t9-;/m0./s1. The summed E-state index contributed by atoms with van der Waals surface area (Å²) in [4.78, 5) is 0. The summed E-state index contributed by atoms with van der Waals surface area (Å²) in [5.41, 5.74) is 1.46. The third-order valence-corrected chi connectivity index (χ3v) is 2.93. The molecule has 1 heterocycles. The fraction of sp³-hybridized carbons (Fsp3) is 0.400. The van der Waals surface area contributed by atoms with Gasteiger partial charge >= 0.3 is 0 Å². The van der Waals surface area contributed by atoms with Crippen LogP contribution in [-0.4, -0.2) is 13.1 Å². The molecule has 0 bridgehead atoms. The van der Waals surface area contributed by atoms with Gasteiger partial charge in [0.2, 0.25) is 0 Å². The van der Waals surface area contributed by atoms with Crippen LogP contribution in [0.4, 0.5) is 0 Å². The lowest BCUT2D eigenvalue weighted by Crippen LogP contribution is -2.07. The van der Waals surface area contributed by atoms with Gasteiger partial charge in [0.1, 0.15) is 0 Å². The molecule has 1 aliphatic heterocycles. The molecule has 72 valence electrons. The summed E-state index contributed by atoms with van der Waals surface area (Å²) in [5, 5.41) is 3.37. The van der Waals surface area contributed by atoms with Crippen molar-refractivity contribution in [2.24, 2.45) is 0 Å². The van der Waals surface area contributed by atoms with Crippen molar-refractivity contribution in [2.45, 2.75) is 12.3 Å². The van der Waals surface area contributed by atoms with E-state index in [0.717, 1.165) is 16.9 Å². The van der Waals surface area contributed by atoms with Crippen molar-refractivity contribution in [1.82, 2.24) is 5.32 Å². The summed E-state index contributed by atoms with van der Waals surface area (Å²) in [6.45, 7) is 2.31. The maximum absolute atomic E-state index is 3.44. The molecule has 0 spiro atoms. The van der Waals surface area contributed by atoms with Crippen LogP contribution in [0.25, 0.3) is 0 Å². The Bertz CT molecular complexity index is 254. The highest BCUT2D eigenvalue weighted by Crippen LogP contribution is 2.23. The minimum absolute atomic E-state index is 0. The lowest BCUT2D eigenvalue weighted by atomic mass is 9.99. The average molecular weight is 263 g/mol. The fourth-order valence-electron chi connectivity index (χ4n) is 1.67. The van der Waals surface area contributed by atoms with E-state index in [1.807, 2.05) is 0 Å². The van der Waals surface area contributed by atoms with Gasteiger partial charge in [-0.1, -0.05) is 28.1 Å². The lowest BCUT2D eigenvalue weighted by Gasteiger charge is -2.07. The molecule has 1 aliphatic rings. The predicted molar refractivity (Wildman–Crippen MR) is 61.6 cm³/mol. The summed E-state index contributed by atoms with van der Waals surface area (Å²) in [6.07, 6.45) is 1.28. The Morgan fingerprint density at radius 1 is 1.23 bits per heavy atom.